The lowest BCUT2D eigenvalue weighted by atomic mass is 10.4. The van der Waals surface area contributed by atoms with Crippen molar-refractivity contribution in [1.29, 1.82) is 0 Å². The Morgan fingerprint density at radius 2 is 2.15 bits per heavy atom. The summed E-state index contributed by atoms with van der Waals surface area (Å²) in [4.78, 5) is 10.5. The molecule has 0 amide bonds. The van der Waals surface area contributed by atoms with Crippen molar-refractivity contribution in [2.75, 3.05) is 19.9 Å². The molecule has 5 nitrogen and oxygen atoms in total. The minimum Gasteiger partial charge on any atom is -0.466 e. The van der Waals surface area contributed by atoms with Crippen LogP contribution < -0.4 is 4.72 Å². The van der Waals surface area contributed by atoms with Gasteiger partial charge in [0, 0.05) is 12.6 Å². The molecule has 0 fully saturated rings. The standard InChI is InChI=1S/C7H13NO4S/c1-12-7(9)5-3-4-6-8-13(2,10)11/h3,5,8H,4,6H2,1-2H3/b5-3+. The second-order valence-corrected chi connectivity index (χ2v) is 4.21. The van der Waals surface area contributed by atoms with Crippen molar-refractivity contribution in [2.24, 2.45) is 0 Å². The van der Waals surface area contributed by atoms with Gasteiger partial charge >= 0.3 is 5.97 Å². The second-order valence-electron chi connectivity index (χ2n) is 2.38. The molecule has 0 aliphatic rings. The van der Waals surface area contributed by atoms with Gasteiger partial charge in [-0.1, -0.05) is 6.08 Å². The maximum absolute atomic E-state index is 10.6. The molecule has 0 saturated heterocycles. The molecule has 6 heteroatoms. The Morgan fingerprint density at radius 1 is 1.54 bits per heavy atom. The molecular weight excluding hydrogens is 194 g/mol. The zero-order valence-electron chi connectivity index (χ0n) is 7.61. The van der Waals surface area contributed by atoms with Crippen molar-refractivity contribution in [3.05, 3.63) is 12.2 Å². The summed E-state index contributed by atoms with van der Waals surface area (Å²) in [6.45, 7) is 0.284. The zero-order valence-corrected chi connectivity index (χ0v) is 8.43. The first-order valence-electron chi connectivity index (χ1n) is 3.65. The topological polar surface area (TPSA) is 72.5 Å². The largest absolute Gasteiger partial charge is 0.466 e. The third-order valence-corrected chi connectivity index (χ3v) is 1.86. The highest BCUT2D eigenvalue weighted by atomic mass is 32.2. The van der Waals surface area contributed by atoms with E-state index in [1.54, 1.807) is 6.08 Å². The smallest absolute Gasteiger partial charge is 0.330 e. The van der Waals surface area contributed by atoms with Crippen molar-refractivity contribution < 1.29 is 17.9 Å². The molecule has 0 saturated carbocycles. The molecule has 0 aliphatic carbocycles. The number of carbonyl (C=O) groups is 1. The van der Waals surface area contributed by atoms with E-state index >= 15 is 0 Å². The van der Waals surface area contributed by atoms with Crippen LogP contribution >= 0.6 is 0 Å². The molecule has 13 heavy (non-hydrogen) atoms. The van der Waals surface area contributed by atoms with Crippen LogP contribution in [0.25, 0.3) is 0 Å². The van der Waals surface area contributed by atoms with Gasteiger partial charge in [0.1, 0.15) is 0 Å². The molecular formula is C7H13NO4S. The van der Waals surface area contributed by atoms with Gasteiger partial charge < -0.3 is 4.74 Å². The van der Waals surface area contributed by atoms with Gasteiger partial charge in [-0.2, -0.15) is 0 Å². The van der Waals surface area contributed by atoms with Crippen LogP contribution in [-0.4, -0.2) is 34.3 Å². The van der Waals surface area contributed by atoms with Crippen molar-refractivity contribution in [1.82, 2.24) is 4.72 Å². The highest BCUT2D eigenvalue weighted by molar-refractivity contribution is 7.88. The lowest BCUT2D eigenvalue weighted by Crippen LogP contribution is -2.22. The maximum Gasteiger partial charge on any atom is 0.330 e. The third kappa shape index (κ3) is 9.03. The van der Waals surface area contributed by atoms with Crippen LogP contribution in [0.15, 0.2) is 12.2 Å². The van der Waals surface area contributed by atoms with Gasteiger partial charge in [-0.05, 0) is 6.42 Å². The van der Waals surface area contributed by atoms with Crippen LogP contribution in [0.2, 0.25) is 0 Å². The normalized spacial score (nSPS) is 11.8. The fourth-order valence-electron chi connectivity index (χ4n) is 0.575. The molecule has 0 radical (unpaired) electrons. The third-order valence-electron chi connectivity index (χ3n) is 1.13. The Morgan fingerprint density at radius 3 is 2.62 bits per heavy atom. The Labute approximate surface area is 77.8 Å². The van der Waals surface area contributed by atoms with E-state index in [-0.39, 0.29) is 6.54 Å². The first kappa shape index (κ1) is 12.1. The summed E-state index contributed by atoms with van der Waals surface area (Å²) < 4.78 is 27.7. The quantitative estimate of drug-likeness (QED) is 0.380. The highest BCUT2D eigenvalue weighted by Crippen LogP contribution is 1.84. The van der Waals surface area contributed by atoms with E-state index in [0.29, 0.717) is 6.42 Å². The molecule has 76 valence electrons. The van der Waals surface area contributed by atoms with E-state index in [9.17, 15) is 13.2 Å². The molecule has 0 bridgehead atoms. The van der Waals surface area contributed by atoms with Gasteiger partial charge in [0.2, 0.25) is 10.0 Å². The number of carbonyl (C=O) groups excluding carboxylic acids is 1. The van der Waals surface area contributed by atoms with Crippen molar-refractivity contribution in [2.45, 2.75) is 6.42 Å². The first-order valence-corrected chi connectivity index (χ1v) is 5.54. The molecule has 0 unspecified atom stereocenters. The summed E-state index contributed by atoms with van der Waals surface area (Å²) in [5, 5.41) is 0. The Hall–Kier alpha value is -0.880. The predicted octanol–water partition coefficient (Wildman–Crippen LogP) is -0.345. The molecule has 0 atom stereocenters. The van der Waals surface area contributed by atoms with Gasteiger partial charge in [-0.25, -0.2) is 17.9 Å². The average Bonchev–Trinajstić information content (AvgIpc) is 2.01. The minimum atomic E-state index is -3.13. The highest BCUT2D eigenvalue weighted by Gasteiger charge is 1.97. The van der Waals surface area contributed by atoms with Crippen LogP contribution in [0.3, 0.4) is 0 Å². The molecule has 0 aromatic rings. The lowest BCUT2D eigenvalue weighted by Gasteiger charge is -1.97. The number of nitrogens with one attached hydrogen (secondary N) is 1. The molecule has 0 aromatic carbocycles. The van der Waals surface area contributed by atoms with E-state index in [1.165, 1.54) is 13.2 Å². The summed E-state index contributed by atoms with van der Waals surface area (Å²) in [7, 11) is -1.85. The number of esters is 1. The Kier molecular flexibility index (Phi) is 5.33. The number of methoxy groups -OCH3 is 1. The van der Waals surface area contributed by atoms with Crippen LogP contribution in [0.1, 0.15) is 6.42 Å². The summed E-state index contributed by atoms with van der Waals surface area (Å²) in [5.41, 5.74) is 0. The summed E-state index contributed by atoms with van der Waals surface area (Å²) in [5.74, 6) is -0.445. The van der Waals surface area contributed by atoms with Gasteiger partial charge in [0.05, 0.1) is 13.4 Å². The number of rotatable bonds is 5. The van der Waals surface area contributed by atoms with E-state index in [0.717, 1.165) is 6.26 Å². The fraction of sp³-hybridized carbons (Fsp3) is 0.571. The van der Waals surface area contributed by atoms with Gasteiger partial charge in [-0.15, -0.1) is 0 Å². The van der Waals surface area contributed by atoms with E-state index in [1.807, 2.05) is 0 Å². The van der Waals surface area contributed by atoms with Crippen molar-refractivity contribution in [3.63, 3.8) is 0 Å². The summed E-state index contributed by atoms with van der Waals surface area (Å²) >= 11 is 0. The average molecular weight is 207 g/mol. The minimum absolute atomic E-state index is 0.284. The zero-order chi connectivity index (χ0) is 10.3. The molecule has 0 rings (SSSR count). The Bertz CT molecular complexity index is 281. The number of sulfonamides is 1. The predicted molar refractivity (Wildman–Crippen MR) is 48.6 cm³/mol. The van der Waals surface area contributed by atoms with E-state index < -0.39 is 16.0 Å². The maximum atomic E-state index is 10.6. The van der Waals surface area contributed by atoms with Crippen molar-refractivity contribution >= 4 is 16.0 Å². The first-order chi connectivity index (χ1) is 5.95. The number of hydrogen-bond donors (Lipinski definition) is 1. The van der Waals surface area contributed by atoms with Crippen LogP contribution in [0.5, 0.6) is 0 Å². The van der Waals surface area contributed by atoms with E-state index in [2.05, 4.69) is 9.46 Å². The Balaban J connectivity index is 3.58. The summed E-state index contributed by atoms with van der Waals surface area (Å²) in [6, 6.07) is 0. The van der Waals surface area contributed by atoms with Gasteiger partial charge in [-0.3, -0.25) is 0 Å². The second kappa shape index (κ2) is 5.71. The molecule has 0 aliphatic heterocycles. The lowest BCUT2D eigenvalue weighted by molar-refractivity contribution is -0.134. The SMILES string of the molecule is COC(=O)/C=C/CCNS(C)(=O)=O. The van der Waals surface area contributed by atoms with Crippen LogP contribution in [-0.2, 0) is 19.6 Å². The summed E-state index contributed by atoms with van der Waals surface area (Å²) in [6.07, 6.45) is 4.34. The van der Waals surface area contributed by atoms with Crippen LogP contribution in [0, 0.1) is 0 Å². The monoisotopic (exact) mass is 207 g/mol. The van der Waals surface area contributed by atoms with E-state index in [4.69, 9.17) is 0 Å². The molecule has 0 aromatic heterocycles. The molecule has 0 spiro atoms. The van der Waals surface area contributed by atoms with Gasteiger partial charge in [0.15, 0.2) is 0 Å². The van der Waals surface area contributed by atoms with Crippen LogP contribution in [0.4, 0.5) is 0 Å². The fourth-order valence-corrected chi connectivity index (χ4v) is 1.06. The number of hydrogen-bond acceptors (Lipinski definition) is 4. The molecule has 0 heterocycles. The molecule has 1 N–H and O–H groups in total. The number of ether oxygens (including phenoxy) is 1. The van der Waals surface area contributed by atoms with Crippen molar-refractivity contribution in [3.8, 4) is 0 Å². The van der Waals surface area contributed by atoms with Gasteiger partial charge in [0.25, 0.3) is 0 Å².